The van der Waals surface area contributed by atoms with E-state index in [0.717, 1.165) is 6.07 Å². The third kappa shape index (κ3) is 37.1. The third-order valence-corrected chi connectivity index (χ3v) is 13.8. The second-order valence-electron chi connectivity index (χ2n) is 21.9. The quantitative estimate of drug-likeness (QED) is 0.0337. The molecule has 0 bridgehead atoms. The maximum atomic E-state index is 10.4. The number of carboxylic acids is 20. The Bertz CT molecular complexity index is 4090. The Morgan fingerprint density at radius 2 is 0.158 bits per heavy atom. The molecule has 10 aromatic carbocycles. The molecule has 0 unspecified atom stereocenters. The van der Waals surface area contributed by atoms with Crippen molar-refractivity contribution in [3.63, 3.8) is 0 Å². The van der Waals surface area contributed by atoms with Crippen LogP contribution in [0.4, 0.5) is 0 Å². The monoisotopic (exact) mass is 1660 g/mol. The van der Waals surface area contributed by atoms with E-state index < -0.39 is 119 Å². The Morgan fingerprint density at radius 1 is 0.100 bits per heavy atom. The van der Waals surface area contributed by atoms with Gasteiger partial charge in [-0.3, -0.25) is 0 Å². The zero-order valence-corrected chi connectivity index (χ0v) is 60.2. The highest BCUT2D eigenvalue weighted by molar-refractivity contribution is 5.99. The van der Waals surface area contributed by atoms with Gasteiger partial charge in [-0.1, -0.05) is 6.07 Å². The van der Waals surface area contributed by atoms with Gasteiger partial charge in [0.1, 0.15) is 0 Å². The predicted octanol–water partition coefficient (Wildman–Crippen LogP) is 10.8. The van der Waals surface area contributed by atoms with Gasteiger partial charge >= 0.3 is 119 Å². The number of carboxylic acid groups (broad SMARTS) is 20. The molecular weight excluding hydrogens is 1600 g/mol. The summed E-state index contributed by atoms with van der Waals surface area (Å²) >= 11 is 0. The van der Waals surface area contributed by atoms with Gasteiger partial charge in [-0.05, 0) is 237 Å². The van der Waals surface area contributed by atoms with E-state index in [0.29, 0.717) is 0 Å². The molecule has 0 saturated carbocycles. The number of hydrogen-bond donors (Lipinski definition) is 20. The second-order valence-corrected chi connectivity index (χ2v) is 21.9. The number of rotatable bonds is 20. The minimum absolute atomic E-state index is 0.0186. The van der Waals surface area contributed by atoms with Crippen molar-refractivity contribution >= 4 is 119 Å². The third-order valence-electron chi connectivity index (χ3n) is 13.8. The van der Waals surface area contributed by atoms with E-state index in [1.165, 1.54) is 237 Å². The van der Waals surface area contributed by atoms with Gasteiger partial charge < -0.3 is 102 Å². The average molecular weight is 1660 g/mol. The lowest BCUT2D eigenvalue weighted by atomic mass is 10.1. The van der Waals surface area contributed by atoms with Crippen LogP contribution in [0.1, 0.15) is 207 Å². The highest BCUT2D eigenvalue weighted by atomic mass is 16.4. The van der Waals surface area contributed by atoms with E-state index in [1.807, 2.05) is 0 Å². The maximum absolute atomic E-state index is 10.4. The van der Waals surface area contributed by atoms with Gasteiger partial charge in [-0.2, -0.15) is 0 Å². The molecule has 20 N–H and O–H groups in total. The highest BCUT2D eigenvalue weighted by Crippen LogP contribution is 2.12. The number of carbonyl (C=O) groups is 20. The maximum Gasteiger partial charge on any atom is 0.335 e. The molecule has 40 heteroatoms. The van der Waals surface area contributed by atoms with Crippen molar-refractivity contribution in [1.29, 1.82) is 0 Å². The van der Waals surface area contributed by atoms with Crippen LogP contribution in [0.3, 0.4) is 0 Å². The van der Waals surface area contributed by atoms with Crippen LogP contribution in [-0.4, -0.2) is 222 Å². The first-order chi connectivity index (χ1) is 56.1. The molecule has 0 spiro atoms. The van der Waals surface area contributed by atoms with Crippen LogP contribution in [0.2, 0.25) is 0 Å². The fourth-order valence-corrected chi connectivity index (χ4v) is 7.58. The minimum atomic E-state index is -1.13. The van der Waals surface area contributed by atoms with Crippen LogP contribution < -0.4 is 0 Å². The second kappa shape index (κ2) is 49.8. The Morgan fingerprint density at radius 3 is 0.208 bits per heavy atom. The fourth-order valence-electron chi connectivity index (χ4n) is 7.58. The molecule has 0 aliphatic carbocycles. The Kier molecular flexibility index (Phi) is 41.3. The normalized spacial score (nSPS) is 9.33. The van der Waals surface area contributed by atoms with Crippen LogP contribution in [0.15, 0.2) is 243 Å². The summed E-state index contributed by atoms with van der Waals surface area (Å²) in [5.74, 6) is -21.4. The van der Waals surface area contributed by atoms with E-state index in [-0.39, 0.29) is 111 Å². The molecule has 10 aromatic rings. The summed E-state index contributed by atoms with van der Waals surface area (Å²) in [5, 5.41) is 169. The SMILES string of the molecule is O=C(O)c1ccc(C(=O)O)cc1.O=C(O)c1ccc(C(=O)O)cc1.O=C(O)c1ccc(C(=O)O)cc1.O=C(O)c1ccc(C(=O)O)cc1.O=C(O)c1ccc(C(=O)O)cc1.O=C(O)c1ccc(C(=O)O)cc1.O=C(O)c1ccc(C(=O)O)cc1.O=C(O)c1ccc(C(=O)O)cc1.O=C(O)c1ccc(C(=O)O)cc1.O=C(O)c1cccc(C(=O)O)c1. The van der Waals surface area contributed by atoms with Crippen molar-refractivity contribution in [3.8, 4) is 0 Å². The molecule has 0 amide bonds. The number of hydrogen-bond acceptors (Lipinski definition) is 20. The molecule has 620 valence electrons. The van der Waals surface area contributed by atoms with E-state index in [9.17, 15) is 95.9 Å². The van der Waals surface area contributed by atoms with Gasteiger partial charge in [-0.15, -0.1) is 0 Å². The molecule has 0 aliphatic heterocycles. The summed E-state index contributed by atoms with van der Waals surface area (Å²) < 4.78 is 0. The molecule has 0 aromatic heterocycles. The largest absolute Gasteiger partial charge is 0.478 e. The summed E-state index contributed by atoms with van der Waals surface area (Å²) in [6, 6.07) is 50.4. The van der Waals surface area contributed by atoms with Gasteiger partial charge in [-0.25, -0.2) is 95.9 Å². The molecule has 0 saturated heterocycles. The molecule has 120 heavy (non-hydrogen) atoms. The summed E-state index contributed by atoms with van der Waals surface area (Å²) in [4.78, 5) is 207. The fraction of sp³-hybridized carbons (Fsp3) is 0. The molecule has 40 nitrogen and oxygen atoms in total. The lowest BCUT2D eigenvalue weighted by Crippen LogP contribution is -2.01. The van der Waals surface area contributed by atoms with Gasteiger partial charge in [0, 0.05) is 0 Å². The molecule has 0 heterocycles. The van der Waals surface area contributed by atoms with Gasteiger partial charge in [0.2, 0.25) is 0 Å². The highest BCUT2D eigenvalue weighted by Gasteiger charge is 2.14. The van der Waals surface area contributed by atoms with Crippen molar-refractivity contribution in [2.75, 3.05) is 0 Å². The number of benzene rings is 10. The van der Waals surface area contributed by atoms with E-state index in [4.69, 9.17) is 102 Å². The summed E-state index contributed by atoms with van der Waals surface area (Å²) in [5.41, 5.74) is 1.46. The molecule has 0 radical (unpaired) electrons. The predicted molar refractivity (Wildman–Crippen MR) is 404 cm³/mol. The summed E-state index contributed by atoms with van der Waals surface area (Å²) in [6.45, 7) is 0. The van der Waals surface area contributed by atoms with Crippen LogP contribution >= 0.6 is 0 Å². The van der Waals surface area contributed by atoms with Crippen molar-refractivity contribution in [2.45, 2.75) is 0 Å². The van der Waals surface area contributed by atoms with Crippen LogP contribution in [-0.2, 0) is 0 Å². The van der Waals surface area contributed by atoms with Crippen LogP contribution in [0, 0.1) is 0 Å². The molecule has 0 fully saturated rings. The lowest BCUT2D eigenvalue weighted by Gasteiger charge is -1.95. The summed E-state index contributed by atoms with van der Waals surface area (Å²) in [6.07, 6.45) is 0. The van der Waals surface area contributed by atoms with E-state index in [2.05, 4.69) is 0 Å². The number of aromatic carboxylic acids is 20. The van der Waals surface area contributed by atoms with Gasteiger partial charge in [0.25, 0.3) is 0 Å². The standard InChI is InChI=1S/10C8H6O4/c9*9-7(10)5-1-2-6(4-3-5)8(11)12;9-7(10)5-2-1-3-6(4-5)8(11)12/h10*1-4H,(H,9,10)(H,11,12). The van der Waals surface area contributed by atoms with Gasteiger partial charge in [0.05, 0.1) is 111 Å². The smallest absolute Gasteiger partial charge is 0.335 e. The first kappa shape index (κ1) is 99.6. The molecule has 0 atom stereocenters. The van der Waals surface area contributed by atoms with E-state index in [1.54, 1.807) is 0 Å². The Labute approximate surface area is 668 Å². The molecule has 0 aliphatic rings. The molecular formula is C80H60O40. The van der Waals surface area contributed by atoms with Gasteiger partial charge in [0.15, 0.2) is 0 Å². The zero-order chi connectivity index (χ0) is 91.4. The topological polar surface area (TPSA) is 746 Å². The average Bonchev–Trinajstić information content (AvgIpc) is 0.852. The minimum Gasteiger partial charge on any atom is -0.478 e. The first-order valence-corrected chi connectivity index (χ1v) is 31.8. The zero-order valence-electron chi connectivity index (χ0n) is 60.2. The van der Waals surface area contributed by atoms with Crippen molar-refractivity contribution < 1.29 is 198 Å². The molecule has 10 rings (SSSR count). The Balaban J connectivity index is 0.000000667. The first-order valence-electron chi connectivity index (χ1n) is 31.8. The van der Waals surface area contributed by atoms with Crippen molar-refractivity contribution in [1.82, 2.24) is 0 Å². The van der Waals surface area contributed by atoms with Crippen LogP contribution in [0.5, 0.6) is 0 Å². The van der Waals surface area contributed by atoms with Crippen molar-refractivity contribution in [2.24, 2.45) is 0 Å². The van der Waals surface area contributed by atoms with Crippen LogP contribution in [0.25, 0.3) is 0 Å². The van der Waals surface area contributed by atoms with E-state index >= 15 is 0 Å². The lowest BCUT2D eigenvalue weighted by molar-refractivity contribution is 0.0677. The summed E-state index contributed by atoms with van der Waals surface area (Å²) in [7, 11) is 0. The van der Waals surface area contributed by atoms with Crippen molar-refractivity contribution in [3.05, 3.63) is 354 Å². The Hall–Kier alpha value is -18.4.